The van der Waals surface area contributed by atoms with E-state index in [4.69, 9.17) is 0 Å². The number of amides is 2. The molecule has 0 bridgehead atoms. The zero-order valence-electron chi connectivity index (χ0n) is 13.7. The lowest BCUT2D eigenvalue weighted by molar-refractivity contribution is 0.251. The SMILES string of the molecule is Cc1cc(C)cc(CNC(=O)Nc2ccc(C(C)C)cc2)c1. The van der Waals surface area contributed by atoms with Crippen molar-refractivity contribution in [2.45, 2.75) is 40.2 Å². The Morgan fingerprint density at radius 1 is 1.00 bits per heavy atom. The van der Waals surface area contributed by atoms with Gasteiger partial charge in [-0.1, -0.05) is 55.3 Å². The molecule has 0 radical (unpaired) electrons. The smallest absolute Gasteiger partial charge is 0.319 e. The van der Waals surface area contributed by atoms with Crippen molar-refractivity contribution in [3.8, 4) is 0 Å². The number of hydrogen-bond donors (Lipinski definition) is 2. The normalized spacial score (nSPS) is 10.6. The molecule has 2 aromatic rings. The van der Waals surface area contributed by atoms with Crippen molar-refractivity contribution in [3.63, 3.8) is 0 Å². The van der Waals surface area contributed by atoms with E-state index in [1.807, 2.05) is 24.3 Å². The molecule has 0 aliphatic heterocycles. The van der Waals surface area contributed by atoms with Crippen LogP contribution in [-0.4, -0.2) is 6.03 Å². The number of rotatable bonds is 4. The van der Waals surface area contributed by atoms with Crippen LogP contribution < -0.4 is 10.6 Å². The molecule has 0 aliphatic carbocycles. The van der Waals surface area contributed by atoms with Gasteiger partial charge in [0.25, 0.3) is 0 Å². The standard InChI is InChI=1S/C19H24N2O/c1-13(2)17-5-7-18(8-6-17)21-19(22)20-12-16-10-14(3)9-15(4)11-16/h5-11,13H,12H2,1-4H3,(H2,20,21,22). The predicted octanol–water partition coefficient (Wildman–Crippen LogP) is 4.75. The van der Waals surface area contributed by atoms with Gasteiger partial charge in [0.2, 0.25) is 0 Å². The fourth-order valence-electron chi connectivity index (χ4n) is 2.48. The van der Waals surface area contributed by atoms with Crippen molar-refractivity contribution >= 4 is 11.7 Å². The minimum atomic E-state index is -0.184. The number of hydrogen-bond acceptors (Lipinski definition) is 1. The summed E-state index contributed by atoms with van der Waals surface area (Å²) in [7, 11) is 0. The summed E-state index contributed by atoms with van der Waals surface area (Å²) in [6.07, 6.45) is 0. The molecule has 0 aromatic heterocycles. The molecule has 116 valence electrons. The highest BCUT2D eigenvalue weighted by Gasteiger charge is 2.04. The molecule has 2 rings (SSSR count). The first-order valence-corrected chi connectivity index (χ1v) is 7.66. The van der Waals surface area contributed by atoms with E-state index in [1.54, 1.807) is 0 Å². The second-order valence-corrected chi connectivity index (χ2v) is 6.08. The van der Waals surface area contributed by atoms with Gasteiger partial charge >= 0.3 is 6.03 Å². The molecule has 0 spiro atoms. The van der Waals surface area contributed by atoms with Crippen molar-refractivity contribution in [1.29, 1.82) is 0 Å². The number of benzene rings is 2. The summed E-state index contributed by atoms with van der Waals surface area (Å²) < 4.78 is 0. The lowest BCUT2D eigenvalue weighted by Crippen LogP contribution is -2.28. The third kappa shape index (κ3) is 4.62. The second kappa shape index (κ2) is 7.12. The number of urea groups is 1. The Morgan fingerprint density at radius 2 is 1.59 bits per heavy atom. The molecule has 0 fully saturated rings. The molecule has 22 heavy (non-hydrogen) atoms. The molecular formula is C19H24N2O. The first-order valence-electron chi connectivity index (χ1n) is 7.66. The quantitative estimate of drug-likeness (QED) is 0.840. The first kappa shape index (κ1) is 16.1. The molecule has 3 heteroatoms. The largest absolute Gasteiger partial charge is 0.334 e. The lowest BCUT2D eigenvalue weighted by atomic mass is 10.0. The minimum Gasteiger partial charge on any atom is -0.334 e. The van der Waals surface area contributed by atoms with Crippen LogP contribution in [0.1, 0.15) is 42.0 Å². The summed E-state index contributed by atoms with van der Waals surface area (Å²) in [6, 6.07) is 14.1. The Labute approximate surface area is 132 Å². The fourth-order valence-corrected chi connectivity index (χ4v) is 2.48. The highest BCUT2D eigenvalue weighted by molar-refractivity contribution is 5.89. The third-order valence-electron chi connectivity index (χ3n) is 3.57. The van der Waals surface area contributed by atoms with Crippen LogP contribution in [0.15, 0.2) is 42.5 Å². The van der Waals surface area contributed by atoms with Crippen molar-refractivity contribution in [2.75, 3.05) is 5.32 Å². The topological polar surface area (TPSA) is 41.1 Å². The highest BCUT2D eigenvalue weighted by Crippen LogP contribution is 2.17. The summed E-state index contributed by atoms with van der Waals surface area (Å²) in [4.78, 5) is 12.0. The molecule has 0 unspecified atom stereocenters. The van der Waals surface area contributed by atoms with Gasteiger partial charge in [-0.05, 0) is 43.0 Å². The van der Waals surface area contributed by atoms with Crippen molar-refractivity contribution in [1.82, 2.24) is 5.32 Å². The number of anilines is 1. The molecule has 2 N–H and O–H groups in total. The Hall–Kier alpha value is -2.29. The van der Waals surface area contributed by atoms with Crippen LogP contribution in [0.4, 0.5) is 10.5 Å². The predicted molar refractivity (Wildman–Crippen MR) is 92.3 cm³/mol. The van der Waals surface area contributed by atoms with Gasteiger partial charge in [-0.2, -0.15) is 0 Å². The number of carbonyl (C=O) groups excluding carboxylic acids is 1. The maximum atomic E-state index is 12.0. The van der Waals surface area contributed by atoms with Gasteiger partial charge in [-0.15, -0.1) is 0 Å². The zero-order valence-corrected chi connectivity index (χ0v) is 13.7. The van der Waals surface area contributed by atoms with E-state index in [1.165, 1.54) is 16.7 Å². The van der Waals surface area contributed by atoms with Crippen LogP contribution >= 0.6 is 0 Å². The maximum Gasteiger partial charge on any atom is 0.319 e. The molecule has 0 atom stereocenters. The van der Waals surface area contributed by atoms with Gasteiger partial charge in [0.05, 0.1) is 0 Å². The van der Waals surface area contributed by atoms with Crippen molar-refractivity contribution < 1.29 is 4.79 Å². The van der Waals surface area contributed by atoms with Gasteiger partial charge in [0, 0.05) is 12.2 Å². The number of nitrogens with one attached hydrogen (secondary N) is 2. The van der Waals surface area contributed by atoms with Crippen LogP contribution in [0.25, 0.3) is 0 Å². The number of aryl methyl sites for hydroxylation is 2. The Balaban J connectivity index is 1.90. The molecular weight excluding hydrogens is 272 g/mol. The lowest BCUT2D eigenvalue weighted by Gasteiger charge is -2.10. The van der Waals surface area contributed by atoms with Crippen LogP contribution in [0.5, 0.6) is 0 Å². The molecule has 2 aromatic carbocycles. The third-order valence-corrected chi connectivity index (χ3v) is 3.57. The van der Waals surface area contributed by atoms with E-state index in [2.05, 4.69) is 56.5 Å². The van der Waals surface area contributed by atoms with Crippen molar-refractivity contribution in [3.05, 3.63) is 64.7 Å². The zero-order chi connectivity index (χ0) is 16.1. The summed E-state index contributed by atoms with van der Waals surface area (Å²) >= 11 is 0. The highest BCUT2D eigenvalue weighted by atomic mass is 16.2. The Kier molecular flexibility index (Phi) is 5.21. The first-order chi connectivity index (χ1) is 10.4. The van der Waals surface area contributed by atoms with Crippen LogP contribution in [0, 0.1) is 13.8 Å². The molecule has 0 heterocycles. The summed E-state index contributed by atoms with van der Waals surface area (Å²) in [5.74, 6) is 0.493. The average Bonchev–Trinajstić information content (AvgIpc) is 2.45. The molecule has 0 saturated carbocycles. The van der Waals surface area contributed by atoms with E-state index in [0.29, 0.717) is 12.5 Å². The van der Waals surface area contributed by atoms with E-state index in [9.17, 15) is 4.79 Å². The van der Waals surface area contributed by atoms with E-state index in [-0.39, 0.29) is 6.03 Å². The summed E-state index contributed by atoms with van der Waals surface area (Å²) in [5, 5.41) is 5.75. The van der Waals surface area contributed by atoms with Gasteiger partial charge in [0.15, 0.2) is 0 Å². The van der Waals surface area contributed by atoms with Gasteiger partial charge in [-0.3, -0.25) is 0 Å². The molecule has 0 aliphatic rings. The van der Waals surface area contributed by atoms with Crippen molar-refractivity contribution in [2.24, 2.45) is 0 Å². The Morgan fingerprint density at radius 3 is 2.14 bits per heavy atom. The molecule has 2 amide bonds. The van der Waals surface area contributed by atoms with E-state index < -0.39 is 0 Å². The minimum absolute atomic E-state index is 0.184. The number of carbonyl (C=O) groups is 1. The van der Waals surface area contributed by atoms with Gasteiger partial charge < -0.3 is 10.6 Å². The van der Waals surface area contributed by atoms with Crippen LogP contribution in [-0.2, 0) is 6.54 Å². The monoisotopic (exact) mass is 296 g/mol. The van der Waals surface area contributed by atoms with E-state index in [0.717, 1.165) is 11.3 Å². The fraction of sp³-hybridized carbons (Fsp3) is 0.316. The molecule has 0 saturated heterocycles. The van der Waals surface area contributed by atoms with Gasteiger partial charge in [-0.25, -0.2) is 4.79 Å². The van der Waals surface area contributed by atoms with Crippen LogP contribution in [0.2, 0.25) is 0 Å². The van der Waals surface area contributed by atoms with Gasteiger partial charge in [0.1, 0.15) is 0 Å². The summed E-state index contributed by atoms with van der Waals surface area (Å²) in [6.45, 7) is 8.95. The second-order valence-electron chi connectivity index (χ2n) is 6.08. The van der Waals surface area contributed by atoms with E-state index >= 15 is 0 Å². The average molecular weight is 296 g/mol. The summed E-state index contributed by atoms with van der Waals surface area (Å²) in [5.41, 5.74) is 5.61. The Bertz CT molecular complexity index is 625. The van der Waals surface area contributed by atoms with Crippen LogP contribution in [0.3, 0.4) is 0 Å². The molecule has 3 nitrogen and oxygen atoms in total. The maximum absolute atomic E-state index is 12.0.